The van der Waals surface area contributed by atoms with Crippen LogP contribution in [-0.2, 0) is 23.8 Å². The lowest BCUT2D eigenvalue weighted by Crippen LogP contribution is -2.54. The van der Waals surface area contributed by atoms with Crippen LogP contribution in [0.25, 0.3) is 44.2 Å². The van der Waals surface area contributed by atoms with Crippen LogP contribution in [0.1, 0.15) is 83.5 Å². The molecule has 3 saturated heterocycles. The second kappa shape index (κ2) is 16.9. The number of carbonyl (C=O) groups is 4. The van der Waals surface area contributed by atoms with E-state index in [0.29, 0.717) is 60.4 Å². The van der Waals surface area contributed by atoms with Gasteiger partial charge in [0.05, 0.1) is 49.2 Å². The van der Waals surface area contributed by atoms with Gasteiger partial charge in [0.1, 0.15) is 29.5 Å². The monoisotopic (exact) mass is 862 g/mol. The Balaban J connectivity index is 0.943. The first kappa shape index (κ1) is 42.3. The molecule has 0 spiro atoms. The maximum atomic E-state index is 16.1. The first-order chi connectivity index (χ1) is 30.3. The summed E-state index contributed by atoms with van der Waals surface area (Å²) in [5, 5.41) is 7.43. The lowest BCUT2D eigenvalue weighted by molar-refractivity contribution is -0.138. The normalized spacial score (nSPS) is 24.4. The maximum Gasteiger partial charge on any atom is 0.407 e. The standard InChI is InChI=1S/C47H55FN8O7/c1-23(2)38(53-46(59)61-5)44(57)55-25(4)17-24(3)41(55)43-50-34-12-9-29-18-27(7-10-31(29)40(34)52-43)28-8-11-32(33(48)19-28)35-22-49-42(51-35)37-21-30-20-36(30)56(37)45(58)39(54-47(60)62-6)26-13-15-63-16-14-26/h7-12,18-19,22-26,30,36-39,41H,13-17,20-21H2,1-6H3,(H,49,51)(H,50,52)(H,53,59)(H,54,60)/t24-,25+,30?,36+,37-,38-,39-,41-/m0/s1. The van der Waals surface area contributed by atoms with Gasteiger partial charge >= 0.3 is 12.2 Å². The van der Waals surface area contributed by atoms with Crippen LogP contribution in [0.3, 0.4) is 0 Å². The first-order valence-electron chi connectivity index (χ1n) is 22.0. The van der Waals surface area contributed by atoms with Gasteiger partial charge in [-0.25, -0.2) is 23.9 Å². The molecule has 2 aromatic heterocycles. The van der Waals surface area contributed by atoms with Gasteiger partial charge in [-0.3, -0.25) is 9.59 Å². The number of H-pyrrole nitrogens is 2. The third kappa shape index (κ3) is 7.87. The number of aromatic nitrogens is 4. The van der Waals surface area contributed by atoms with Gasteiger partial charge in [-0.2, -0.15) is 0 Å². The molecule has 332 valence electrons. The van der Waals surface area contributed by atoms with E-state index in [-0.39, 0.29) is 53.7 Å². The molecule has 1 unspecified atom stereocenters. The van der Waals surface area contributed by atoms with E-state index >= 15 is 4.39 Å². The van der Waals surface area contributed by atoms with E-state index in [4.69, 9.17) is 19.2 Å². The number of nitrogens with zero attached hydrogens (tertiary/aromatic N) is 4. The number of piperidine rings is 1. The Hall–Kier alpha value is -6.03. The molecule has 1 aliphatic carbocycles. The van der Waals surface area contributed by atoms with Crippen molar-refractivity contribution >= 4 is 45.8 Å². The third-order valence-corrected chi connectivity index (χ3v) is 13.8. The lowest BCUT2D eigenvalue weighted by Gasteiger charge is -2.35. The van der Waals surface area contributed by atoms with Gasteiger partial charge in [0, 0.05) is 36.2 Å². The Bertz CT molecular complexity index is 2570. The number of alkyl carbamates (subject to hydrolysis) is 2. The zero-order valence-corrected chi connectivity index (χ0v) is 36.4. The van der Waals surface area contributed by atoms with E-state index in [1.807, 2.05) is 67.0 Å². The van der Waals surface area contributed by atoms with Gasteiger partial charge in [-0.1, -0.05) is 45.0 Å². The Labute approximate surface area is 364 Å². The van der Waals surface area contributed by atoms with Gasteiger partial charge < -0.3 is 44.6 Å². The Kier molecular flexibility index (Phi) is 11.4. The number of rotatable bonds is 10. The number of aromatic amines is 2. The van der Waals surface area contributed by atoms with Crippen LogP contribution in [0.2, 0.25) is 0 Å². The van der Waals surface area contributed by atoms with E-state index in [1.54, 1.807) is 12.3 Å². The van der Waals surface area contributed by atoms with E-state index in [0.717, 1.165) is 46.6 Å². The number of hydrogen-bond donors (Lipinski definition) is 4. The molecule has 5 aromatic rings. The van der Waals surface area contributed by atoms with Crippen LogP contribution in [0.5, 0.6) is 0 Å². The van der Waals surface area contributed by atoms with Crippen molar-refractivity contribution in [3.05, 3.63) is 72.2 Å². The predicted octanol–water partition coefficient (Wildman–Crippen LogP) is 7.40. The summed E-state index contributed by atoms with van der Waals surface area (Å²) in [5.74, 6) is 0.771. The summed E-state index contributed by atoms with van der Waals surface area (Å²) in [6.07, 6.45) is 4.07. The van der Waals surface area contributed by atoms with Crippen molar-refractivity contribution < 1.29 is 37.8 Å². The van der Waals surface area contributed by atoms with Crippen molar-refractivity contribution in [1.82, 2.24) is 40.4 Å². The molecule has 9 rings (SSSR count). The van der Waals surface area contributed by atoms with Crippen LogP contribution in [0.15, 0.2) is 54.7 Å². The summed E-state index contributed by atoms with van der Waals surface area (Å²) in [6, 6.07) is 13.0. The number of ether oxygens (including phenoxy) is 3. The van der Waals surface area contributed by atoms with E-state index in [2.05, 4.69) is 32.5 Å². The molecule has 15 nitrogen and oxygen atoms in total. The van der Waals surface area contributed by atoms with Crippen molar-refractivity contribution in [1.29, 1.82) is 0 Å². The molecule has 4 fully saturated rings. The second-order valence-corrected chi connectivity index (χ2v) is 18.1. The van der Waals surface area contributed by atoms with Gasteiger partial charge in [-0.05, 0) is 103 Å². The topological polar surface area (TPSA) is 184 Å². The van der Waals surface area contributed by atoms with Gasteiger partial charge in [-0.15, -0.1) is 0 Å². The number of halogens is 1. The van der Waals surface area contributed by atoms with Crippen LogP contribution >= 0.6 is 0 Å². The lowest BCUT2D eigenvalue weighted by atomic mass is 9.90. The van der Waals surface area contributed by atoms with Crippen molar-refractivity contribution in [3.63, 3.8) is 0 Å². The van der Waals surface area contributed by atoms with Crippen molar-refractivity contribution in [2.24, 2.45) is 23.7 Å². The highest BCUT2D eigenvalue weighted by Gasteiger charge is 2.56. The minimum Gasteiger partial charge on any atom is -0.453 e. The average molecular weight is 863 g/mol. The number of hydrogen-bond acceptors (Lipinski definition) is 9. The fourth-order valence-electron chi connectivity index (χ4n) is 10.4. The number of benzene rings is 3. The highest BCUT2D eigenvalue weighted by Crippen LogP contribution is 2.53. The number of nitrogens with one attached hydrogen (secondary N) is 4. The zero-order chi connectivity index (χ0) is 44.3. The van der Waals surface area contributed by atoms with Crippen molar-refractivity contribution in [3.8, 4) is 22.4 Å². The molecule has 4 aliphatic rings. The number of amides is 4. The summed E-state index contributed by atoms with van der Waals surface area (Å²) < 4.78 is 31.3. The van der Waals surface area contributed by atoms with Gasteiger partial charge in [0.15, 0.2) is 0 Å². The fourth-order valence-corrected chi connectivity index (χ4v) is 10.4. The van der Waals surface area contributed by atoms with Crippen LogP contribution in [-0.4, -0.2) is 105 Å². The number of fused-ring (bicyclic) bond motifs is 4. The summed E-state index contributed by atoms with van der Waals surface area (Å²) in [5.41, 5.74) is 4.03. The summed E-state index contributed by atoms with van der Waals surface area (Å²) >= 11 is 0. The smallest absolute Gasteiger partial charge is 0.407 e. The summed E-state index contributed by atoms with van der Waals surface area (Å²) in [7, 11) is 2.57. The van der Waals surface area contributed by atoms with E-state index in [9.17, 15) is 19.2 Å². The zero-order valence-electron chi connectivity index (χ0n) is 36.4. The third-order valence-electron chi connectivity index (χ3n) is 13.8. The summed E-state index contributed by atoms with van der Waals surface area (Å²) in [4.78, 5) is 73.1. The molecule has 63 heavy (non-hydrogen) atoms. The molecule has 8 atom stereocenters. The van der Waals surface area contributed by atoms with Crippen molar-refractivity contribution in [2.45, 2.75) is 96.1 Å². The van der Waals surface area contributed by atoms with E-state index in [1.165, 1.54) is 20.3 Å². The molecule has 0 radical (unpaired) electrons. The van der Waals surface area contributed by atoms with Crippen LogP contribution in [0, 0.1) is 29.5 Å². The molecular weight excluding hydrogens is 808 g/mol. The van der Waals surface area contributed by atoms with E-state index < -0.39 is 30.1 Å². The first-order valence-corrected chi connectivity index (χ1v) is 22.0. The molecule has 3 aromatic carbocycles. The quantitative estimate of drug-likeness (QED) is 0.111. The van der Waals surface area contributed by atoms with Crippen LogP contribution in [0.4, 0.5) is 14.0 Å². The Morgan fingerprint density at radius 2 is 1.59 bits per heavy atom. The predicted molar refractivity (Wildman–Crippen MR) is 233 cm³/mol. The molecule has 5 heterocycles. The highest BCUT2D eigenvalue weighted by atomic mass is 19.1. The molecular formula is C47H55FN8O7. The highest BCUT2D eigenvalue weighted by molar-refractivity contribution is 6.05. The molecule has 3 aliphatic heterocycles. The minimum atomic E-state index is -0.752. The fraction of sp³-hybridized carbons (Fsp3) is 0.489. The minimum absolute atomic E-state index is 0.0647. The number of likely N-dealkylation sites (tertiary alicyclic amines) is 2. The second-order valence-electron chi connectivity index (χ2n) is 18.1. The molecule has 4 amide bonds. The Morgan fingerprint density at radius 1 is 0.857 bits per heavy atom. The molecule has 4 N–H and O–H groups in total. The molecule has 1 saturated carbocycles. The maximum absolute atomic E-state index is 16.1. The summed E-state index contributed by atoms with van der Waals surface area (Å²) in [6.45, 7) is 8.99. The number of carbonyl (C=O) groups excluding carboxylic acids is 4. The van der Waals surface area contributed by atoms with Crippen LogP contribution < -0.4 is 10.6 Å². The number of imidazole rings is 2. The molecule has 0 bridgehead atoms. The molecule has 16 heteroatoms. The van der Waals surface area contributed by atoms with Crippen molar-refractivity contribution in [2.75, 3.05) is 27.4 Å². The average Bonchev–Trinajstić information content (AvgIpc) is 3.66. The SMILES string of the molecule is COC(=O)N[C@H](C(=O)N1[C@H](C)C[C@H](C)[C@H]1c1nc2ccc3cc(-c4ccc(-c5cnc([C@@H]6CC7C[C@H]7N6C(=O)[C@@H](NC(=O)OC)C6CCOCC6)[nH]5)c(F)c4)ccc3c2[nH]1)C(C)C. The van der Waals surface area contributed by atoms with Gasteiger partial charge in [0.2, 0.25) is 11.8 Å². The Morgan fingerprint density at radius 3 is 2.32 bits per heavy atom. The largest absolute Gasteiger partial charge is 0.453 e. The van der Waals surface area contributed by atoms with Gasteiger partial charge in [0.25, 0.3) is 0 Å². The number of methoxy groups -OCH3 is 2.